The minimum Gasteiger partial charge on any atom is -0.462 e. The molecular weight excluding hydrogens is 353 g/mol. The third kappa shape index (κ3) is 4.56. The Morgan fingerprint density at radius 1 is 1.33 bits per heavy atom. The highest BCUT2D eigenvalue weighted by molar-refractivity contribution is 7.80. The summed E-state index contributed by atoms with van der Waals surface area (Å²) < 4.78 is 17.8. The molecule has 0 saturated carbocycles. The van der Waals surface area contributed by atoms with E-state index in [9.17, 15) is 14.0 Å². The topological polar surface area (TPSA) is 80.3 Å². The number of anilines is 1. The number of nitrogens with one attached hydrogen (secondary N) is 2. The van der Waals surface area contributed by atoms with Crippen LogP contribution in [-0.2, 0) is 4.74 Å². The van der Waals surface area contributed by atoms with Gasteiger partial charge >= 0.3 is 5.97 Å². The highest BCUT2D eigenvalue weighted by Gasteiger charge is 2.17. The van der Waals surface area contributed by atoms with Crippen molar-refractivity contribution in [1.29, 1.82) is 0 Å². The molecule has 0 fully saturated rings. The van der Waals surface area contributed by atoms with Crippen LogP contribution in [0.15, 0.2) is 24.3 Å². The Labute approximate surface area is 147 Å². The minimum absolute atomic E-state index is 0.0217. The van der Waals surface area contributed by atoms with Crippen LogP contribution in [0.25, 0.3) is 0 Å². The van der Waals surface area contributed by atoms with Gasteiger partial charge in [0.05, 0.1) is 12.3 Å². The van der Waals surface area contributed by atoms with Crippen LogP contribution < -0.4 is 10.6 Å². The van der Waals surface area contributed by atoms with Gasteiger partial charge in [0, 0.05) is 5.56 Å². The Morgan fingerprint density at radius 3 is 2.62 bits per heavy atom. The molecule has 2 aromatic rings. The molecule has 1 heterocycles. The van der Waals surface area contributed by atoms with Crippen LogP contribution in [-0.4, -0.2) is 28.6 Å². The molecule has 0 saturated heterocycles. The Balaban J connectivity index is 1.99. The molecule has 1 amide bonds. The van der Waals surface area contributed by atoms with Crippen LogP contribution in [0.3, 0.4) is 0 Å². The number of carbonyl (C=O) groups is 2. The van der Waals surface area contributed by atoms with E-state index in [4.69, 9.17) is 17.0 Å². The zero-order chi connectivity index (χ0) is 17.7. The van der Waals surface area contributed by atoms with E-state index in [1.54, 1.807) is 13.8 Å². The Morgan fingerprint density at radius 2 is 2.00 bits per heavy atom. The molecule has 24 heavy (non-hydrogen) atoms. The third-order valence-electron chi connectivity index (χ3n) is 2.81. The van der Waals surface area contributed by atoms with Crippen LogP contribution in [0.1, 0.15) is 32.6 Å². The summed E-state index contributed by atoms with van der Waals surface area (Å²) in [5.74, 6) is -1.37. The molecule has 126 valence electrons. The predicted molar refractivity (Wildman–Crippen MR) is 92.9 cm³/mol. The van der Waals surface area contributed by atoms with Crippen molar-refractivity contribution in [2.24, 2.45) is 0 Å². The van der Waals surface area contributed by atoms with Gasteiger partial charge in [-0.2, -0.15) is 0 Å². The number of aromatic nitrogens is 1. The Hall–Kier alpha value is -2.39. The normalized spacial score (nSPS) is 10.1. The van der Waals surface area contributed by atoms with Crippen molar-refractivity contribution < 1.29 is 18.7 Å². The minimum atomic E-state index is -0.480. The van der Waals surface area contributed by atoms with Crippen LogP contribution in [0.2, 0.25) is 0 Å². The van der Waals surface area contributed by atoms with Gasteiger partial charge in [-0.1, -0.05) is 11.3 Å². The zero-order valence-electron chi connectivity index (χ0n) is 12.9. The lowest BCUT2D eigenvalue weighted by molar-refractivity contribution is 0.0531. The third-order valence-corrected chi connectivity index (χ3v) is 4.07. The molecule has 0 radical (unpaired) electrons. The lowest BCUT2D eigenvalue weighted by Crippen LogP contribution is -2.34. The maximum absolute atomic E-state index is 12.8. The maximum Gasteiger partial charge on any atom is 0.350 e. The molecular formula is C15H14FN3O3S2. The maximum atomic E-state index is 12.8. The second-order valence-corrected chi connectivity index (χ2v) is 5.98. The van der Waals surface area contributed by atoms with E-state index >= 15 is 0 Å². The van der Waals surface area contributed by atoms with Crippen molar-refractivity contribution in [3.05, 3.63) is 46.2 Å². The summed E-state index contributed by atoms with van der Waals surface area (Å²) in [6, 6.07) is 5.06. The average Bonchev–Trinajstić information content (AvgIpc) is 2.88. The second-order valence-electron chi connectivity index (χ2n) is 4.57. The van der Waals surface area contributed by atoms with Gasteiger partial charge in [-0.15, -0.1) is 0 Å². The van der Waals surface area contributed by atoms with Gasteiger partial charge in [-0.3, -0.25) is 10.1 Å². The number of halogens is 1. The number of ether oxygens (including phenoxy) is 1. The average molecular weight is 367 g/mol. The first kappa shape index (κ1) is 18.0. The van der Waals surface area contributed by atoms with Gasteiger partial charge in [-0.25, -0.2) is 14.2 Å². The number of rotatable bonds is 4. The molecule has 0 aliphatic rings. The standard InChI is InChI=1S/C15H14FN3O3S2/c1-3-22-13(21)11-8(2)17-15(24-11)19-14(23)18-12(20)9-4-6-10(16)7-5-9/h4-7H,3H2,1-2H3,(H2,17,18,19,20,23). The summed E-state index contributed by atoms with van der Waals surface area (Å²) in [6.07, 6.45) is 0. The molecule has 0 bridgehead atoms. The number of thiocarbonyl (C=S) groups is 1. The van der Waals surface area contributed by atoms with E-state index < -0.39 is 17.7 Å². The molecule has 0 spiro atoms. The number of hydrogen-bond acceptors (Lipinski definition) is 6. The number of thiazole rings is 1. The first-order chi connectivity index (χ1) is 11.4. The SMILES string of the molecule is CCOC(=O)c1sc(NC(=S)NC(=O)c2ccc(F)cc2)nc1C. The summed E-state index contributed by atoms with van der Waals surface area (Å²) in [7, 11) is 0. The van der Waals surface area contributed by atoms with E-state index in [2.05, 4.69) is 15.6 Å². The molecule has 6 nitrogen and oxygen atoms in total. The summed E-state index contributed by atoms with van der Waals surface area (Å²) in [5.41, 5.74) is 0.775. The lowest BCUT2D eigenvalue weighted by Gasteiger charge is -2.07. The van der Waals surface area contributed by atoms with Gasteiger partial charge in [0.15, 0.2) is 10.2 Å². The highest BCUT2D eigenvalue weighted by atomic mass is 32.1. The number of nitrogens with zero attached hydrogens (tertiary/aromatic N) is 1. The molecule has 1 aromatic heterocycles. The van der Waals surface area contributed by atoms with Gasteiger partial charge in [0.25, 0.3) is 5.91 Å². The Bertz CT molecular complexity index is 775. The smallest absolute Gasteiger partial charge is 0.350 e. The fourth-order valence-electron chi connectivity index (χ4n) is 1.74. The summed E-state index contributed by atoms with van der Waals surface area (Å²) >= 11 is 6.12. The molecule has 0 atom stereocenters. The monoisotopic (exact) mass is 367 g/mol. The molecule has 2 N–H and O–H groups in total. The number of carbonyl (C=O) groups excluding carboxylic acids is 2. The fourth-order valence-corrected chi connectivity index (χ4v) is 2.86. The van der Waals surface area contributed by atoms with Crippen LogP contribution >= 0.6 is 23.6 Å². The quantitative estimate of drug-likeness (QED) is 0.639. The number of amides is 1. The number of hydrogen-bond donors (Lipinski definition) is 2. The fraction of sp³-hybridized carbons (Fsp3) is 0.200. The van der Waals surface area contributed by atoms with E-state index in [0.717, 1.165) is 11.3 Å². The van der Waals surface area contributed by atoms with Crippen molar-refractivity contribution in [3.63, 3.8) is 0 Å². The van der Waals surface area contributed by atoms with E-state index in [1.807, 2.05) is 0 Å². The van der Waals surface area contributed by atoms with Gasteiger partial charge in [-0.05, 0) is 50.3 Å². The lowest BCUT2D eigenvalue weighted by atomic mass is 10.2. The van der Waals surface area contributed by atoms with Gasteiger partial charge in [0.1, 0.15) is 10.7 Å². The number of aryl methyl sites for hydroxylation is 1. The van der Waals surface area contributed by atoms with E-state index in [0.29, 0.717) is 15.7 Å². The predicted octanol–water partition coefficient (Wildman–Crippen LogP) is 2.89. The molecule has 0 aliphatic carbocycles. The summed E-state index contributed by atoms with van der Waals surface area (Å²) in [4.78, 5) is 28.2. The molecule has 1 aromatic carbocycles. The van der Waals surface area contributed by atoms with E-state index in [1.165, 1.54) is 24.3 Å². The highest BCUT2D eigenvalue weighted by Crippen LogP contribution is 2.23. The molecule has 0 unspecified atom stereocenters. The molecule has 9 heteroatoms. The van der Waals surface area contributed by atoms with Crippen LogP contribution in [0.5, 0.6) is 0 Å². The van der Waals surface area contributed by atoms with Crippen molar-refractivity contribution in [2.45, 2.75) is 13.8 Å². The van der Waals surface area contributed by atoms with Crippen molar-refractivity contribution >= 4 is 45.7 Å². The largest absolute Gasteiger partial charge is 0.462 e. The summed E-state index contributed by atoms with van der Waals surface area (Å²) in [6.45, 7) is 3.66. The number of esters is 1. The van der Waals surface area contributed by atoms with Gasteiger partial charge < -0.3 is 10.1 Å². The molecule has 2 rings (SSSR count). The van der Waals surface area contributed by atoms with Crippen LogP contribution in [0.4, 0.5) is 9.52 Å². The van der Waals surface area contributed by atoms with Crippen molar-refractivity contribution in [1.82, 2.24) is 10.3 Å². The van der Waals surface area contributed by atoms with Gasteiger partial charge in [0.2, 0.25) is 0 Å². The first-order valence-electron chi connectivity index (χ1n) is 6.93. The molecule has 0 aliphatic heterocycles. The van der Waals surface area contributed by atoms with Crippen molar-refractivity contribution in [2.75, 3.05) is 11.9 Å². The number of benzene rings is 1. The van der Waals surface area contributed by atoms with Crippen LogP contribution in [0, 0.1) is 12.7 Å². The second kappa shape index (κ2) is 7.93. The van der Waals surface area contributed by atoms with Crippen molar-refractivity contribution in [3.8, 4) is 0 Å². The Kier molecular flexibility index (Phi) is 5.93. The first-order valence-corrected chi connectivity index (χ1v) is 8.15. The van der Waals surface area contributed by atoms with E-state index in [-0.39, 0.29) is 17.3 Å². The zero-order valence-corrected chi connectivity index (χ0v) is 14.5. The summed E-state index contributed by atoms with van der Waals surface area (Å²) in [5, 5.41) is 5.58.